The zero-order chi connectivity index (χ0) is 14.8. The highest BCUT2D eigenvalue weighted by atomic mass is 16.5. The number of hydrogen-bond donors (Lipinski definition) is 2. The van der Waals surface area contributed by atoms with Crippen molar-refractivity contribution in [3.63, 3.8) is 0 Å². The molecule has 0 spiro atoms. The molecule has 1 rings (SSSR count). The van der Waals surface area contributed by atoms with Crippen LogP contribution in [0.25, 0.3) is 0 Å². The van der Waals surface area contributed by atoms with E-state index in [2.05, 4.69) is 5.32 Å². The maximum Gasteiger partial charge on any atom is 0.221 e. The van der Waals surface area contributed by atoms with Gasteiger partial charge in [0.15, 0.2) is 11.5 Å². The average Bonchev–Trinajstić information content (AvgIpc) is 2.44. The number of ether oxygens (including phenoxy) is 2. The summed E-state index contributed by atoms with van der Waals surface area (Å²) in [7, 11) is 1.63. The van der Waals surface area contributed by atoms with Crippen LogP contribution in [-0.2, 0) is 11.2 Å². The second-order valence-corrected chi connectivity index (χ2v) is 4.41. The van der Waals surface area contributed by atoms with Crippen LogP contribution in [0.15, 0.2) is 18.2 Å². The number of hydrogen-bond acceptors (Lipinski definition) is 4. The fourth-order valence-corrected chi connectivity index (χ4v) is 1.88. The van der Waals surface area contributed by atoms with Crippen molar-refractivity contribution < 1.29 is 14.3 Å². The number of nitrogens with one attached hydrogen (secondary N) is 1. The molecule has 0 aliphatic heterocycles. The molecular weight excluding hydrogens is 256 g/mol. The number of nitrogens with two attached hydrogens (primary N) is 1. The molecule has 5 nitrogen and oxygen atoms in total. The van der Waals surface area contributed by atoms with Crippen molar-refractivity contribution in [3.05, 3.63) is 23.8 Å². The molecule has 20 heavy (non-hydrogen) atoms. The minimum Gasteiger partial charge on any atom is -0.493 e. The van der Waals surface area contributed by atoms with Gasteiger partial charge in [0.05, 0.1) is 13.7 Å². The van der Waals surface area contributed by atoms with Crippen LogP contribution in [0.2, 0.25) is 0 Å². The molecule has 1 aromatic rings. The second kappa shape index (κ2) is 9.20. The van der Waals surface area contributed by atoms with E-state index in [1.165, 1.54) is 5.56 Å². The van der Waals surface area contributed by atoms with E-state index in [1.807, 2.05) is 25.1 Å². The lowest BCUT2D eigenvalue weighted by molar-refractivity contribution is -0.120. The standard InChI is InChI=1S/C15H24N2O3/c1-3-20-14-11-12(6-7-13(14)19-2)5-4-10-17-15(18)8-9-16/h6-7,11H,3-5,8-10,16H2,1-2H3,(H,17,18). The number of benzene rings is 1. The molecule has 0 aliphatic rings. The first kappa shape index (κ1) is 16.3. The molecule has 0 fully saturated rings. The summed E-state index contributed by atoms with van der Waals surface area (Å²) in [6.45, 7) is 3.60. The van der Waals surface area contributed by atoms with Gasteiger partial charge in [0.2, 0.25) is 5.91 Å². The van der Waals surface area contributed by atoms with E-state index in [9.17, 15) is 4.79 Å². The summed E-state index contributed by atoms with van der Waals surface area (Å²) in [6, 6.07) is 5.92. The fourth-order valence-electron chi connectivity index (χ4n) is 1.88. The van der Waals surface area contributed by atoms with Gasteiger partial charge in [0.25, 0.3) is 0 Å². The Morgan fingerprint density at radius 3 is 2.80 bits per heavy atom. The van der Waals surface area contributed by atoms with Crippen molar-refractivity contribution in [3.8, 4) is 11.5 Å². The van der Waals surface area contributed by atoms with E-state index < -0.39 is 0 Å². The molecule has 1 amide bonds. The van der Waals surface area contributed by atoms with Crippen molar-refractivity contribution in [2.24, 2.45) is 5.73 Å². The molecule has 0 saturated carbocycles. The van der Waals surface area contributed by atoms with E-state index in [4.69, 9.17) is 15.2 Å². The van der Waals surface area contributed by atoms with Gasteiger partial charge in [-0.05, 0) is 37.5 Å². The van der Waals surface area contributed by atoms with Gasteiger partial charge in [-0.3, -0.25) is 4.79 Å². The van der Waals surface area contributed by atoms with Crippen LogP contribution in [0.1, 0.15) is 25.3 Å². The molecule has 0 unspecified atom stereocenters. The lowest BCUT2D eigenvalue weighted by atomic mass is 10.1. The summed E-state index contributed by atoms with van der Waals surface area (Å²) < 4.78 is 10.8. The number of methoxy groups -OCH3 is 1. The van der Waals surface area contributed by atoms with E-state index in [0.29, 0.717) is 26.1 Å². The number of carbonyl (C=O) groups is 1. The van der Waals surface area contributed by atoms with Gasteiger partial charge in [-0.25, -0.2) is 0 Å². The minimum atomic E-state index is 0.0113. The Morgan fingerprint density at radius 2 is 2.15 bits per heavy atom. The zero-order valence-electron chi connectivity index (χ0n) is 12.3. The molecule has 5 heteroatoms. The fraction of sp³-hybridized carbons (Fsp3) is 0.533. The third-order valence-corrected chi connectivity index (χ3v) is 2.86. The molecule has 0 aliphatic carbocycles. The Kier molecular flexibility index (Phi) is 7.50. The summed E-state index contributed by atoms with van der Waals surface area (Å²) in [5, 5.41) is 2.84. The highest BCUT2D eigenvalue weighted by Crippen LogP contribution is 2.28. The van der Waals surface area contributed by atoms with Crippen LogP contribution in [0, 0.1) is 0 Å². The first-order valence-corrected chi connectivity index (χ1v) is 6.97. The third kappa shape index (κ3) is 5.48. The number of amides is 1. The Hall–Kier alpha value is -1.75. The first-order chi connectivity index (χ1) is 9.71. The third-order valence-electron chi connectivity index (χ3n) is 2.86. The smallest absolute Gasteiger partial charge is 0.221 e. The summed E-state index contributed by atoms with van der Waals surface area (Å²) in [4.78, 5) is 11.2. The van der Waals surface area contributed by atoms with Crippen LogP contribution in [0.3, 0.4) is 0 Å². The lowest BCUT2D eigenvalue weighted by Crippen LogP contribution is -2.26. The SMILES string of the molecule is CCOc1cc(CCCNC(=O)CCN)ccc1OC. The monoisotopic (exact) mass is 280 g/mol. The van der Waals surface area contributed by atoms with E-state index >= 15 is 0 Å². The first-order valence-electron chi connectivity index (χ1n) is 6.97. The Balaban J connectivity index is 2.44. The molecule has 0 aromatic heterocycles. The predicted octanol–water partition coefficient (Wildman–Crippen LogP) is 1.49. The Labute approximate surface area is 120 Å². The largest absolute Gasteiger partial charge is 0.493 e. The van der Waals surface area contributed by atoms with Gasteiger partial charge in [0.1, 0.15) is 0 Å². The molecule has 0 radical (unpaired) electrons. The molecule has 0 saturated heterocycles. The maximum atomic E-state index is 11.2. The van der Waals surface area contributed by atoms with Crippen LogP contribution in [0.4, 0.5) is 0 Å². The second-order valence-electron chi connectivity index (χ2n) is 4.41. The number of aryl methyl sites for hydroxylation is 1. The van der Waals surface area contributed by atoms with Gasteiger partial charge in [-0.2, -0.15) is 0 Å². The maximum absolute atomic E-state index is 11.2. The lowest BCUT2D eigenvalue weighted by Gasteiger charge is -2.11. The van der Waals surface area contributed by atoms with Crippen molar-refractivity contribution in [1.29, 1.82) is 0 Å². The van der Waals surface area contributed by atoms with Gasteiger partial charge < -0.3 is 20.5 Å². The van der Waals surface area contributed by atoms with E-state index in [1.54, 1.807) is 7.11 Å². The normalized spacial score (nSPS) is 10.2. The molecule has 0 atom stereocenters. The van der Waals surface area contributed by atoms with Crippen LogP contribution >= 0.6 is 0 Å². The summed E-state index contributed by atoms with van der Waals surface area (Å²) in [6.07, 6.45) is 2.15. The predicted molar refractivity (Wildman–Crippen MR) is 79.2 cm³/mol. The number of rotatable bonds is 9. The van der Waals surface area contributed by atoms with E-state index in [0.717, 1.165) is 24.3 Å². The van der Waals surface area contributed by atoms with Gasteiger partial charge in [0, 0.05) is 19.5 Å². The molecule has 0 bridgehead atoms. The van der Waals surface area contributed by atoms with Crippen molar-refractivity contribution >= 4 is 5.91 Å². The Morgan fingerprint density at radius 1 is 1.35 bits per heavy atom. The molecule has 1 aromatic carbocycles. The van der Waals surface area contributed by atoms with E-state index in [-0.39, 0.29) is 5.91 Å². The molecule has 0 heterocycles. The van der Waals surface area contributed by atoms with Crippen molar-refractivity contribution in [1.82, 2.24) is 5.32 Å². The zero-order valence-corrected chi connectivity index (χ0v) is 12.3. The summed E-state index contributed by atoms with van der Waals surface area (Å²) >= 11 is 0. The molecule has 112 valence electrons. The number of carbonyl (C=O) groups excluding carboxylic acids is 1. The molecule has 3 N–H and O–H groups in total. The highest BCUT2D eigenvalue weighted by Gasteiger charge is 2.05. The molecular formula is C15H24N2O3. The Bertz CT molecular complexity index is 422. The summed E-state index contributed by atoms with van der Waals surface area (Å²) in [5.41, 5.74) is 6.48. The van der Waals surface area contributed by atoms with Crippen molar-refractivity contribution in [2.45, 2.75) is 26.2 Å². The summed E-state index contributed by atoms with van der Waals surface area (Å²) in [5.74, 6) is 1.52. The van der Waals surface area contributed by atoms with Gasteiger partial charge in [-0.15, -0.1) is 0 Å². The average molecular weight is 280 g/mol. The van der Waals surface area contributed by atoms with Gasteiger partial charge in [-0.1, -0.05) is 6.07 Å². The van der Waals surface area contributed by atoms with Crippen LogP contribution < -0.4 is 20.5 Å². The van der Waals surface area contributed by atoms with Crippen LogP contribution in [-0.4, -0.2) is 32.7 Å². The van der Waals surface area contributed by atoms with Crippen LogP contribution in [0.5, 0.6) is 11.5 Å². The van der Waals surface area contributed by atoms with Gasteiger partial charge >= 0.3 is 0 Å². The highest BCUT2D eigenvalue weighted by molar-refractivity contribution is 5.75. The minimum absolute atomic E-state index is 0.0113. The van der Waals surface area contributed by atoms with Crippen molar-refractivity contribution in [2.75, 3.05) is 26.8 Å². The topological polar surface area (TPSA) is 73.6 Å². The quantitative estimate of drug-likeness (QED) is 0.672.